The molecule has 0 bridgehead atoms. The number of anilines is 1. The Morgan fingerprint density at radius 3 is 2.60 bits per heavy atom. The third-order valence-corrected chi connectivity index (χ3v) is 7.14. The number of aliphatic hydroxyl groups is 1. The molecule has 0 amide bonds. The quantitative estimate of drug-likeness (QED) is 0.256. The molecule has 9 heteroatoms. The van der Waals surface area contributed by atoms with Crippen LogP contribution in [-0.2, 0) is 7.05 Å². The summed E-state index contributed by atoms with van der Waals surface area (Å²) in [5, 5.41) is 14.4. The topological polar surface area (TPSA) is 85.1 Å². The fourth-order valence-corrected chi connectivity index (χ4v) is 5.49. The molecule has 0 saturated heterocycles. The molecule has 0 atom stereocenters. The van der Waals surface area contributed by atoms with Crippen LogP contribution >= 0.6 is 22.9 Å². The predicted molar refractivity (Wildman–Crippen MR) is 142 cm³/mol. The summed E-state index contributed by atoms with van der Waals surface area (Å²) in [7, 11) is 3.57. The highest BCUT2D eigenvalue weighted by molar-refractivity contribution is 7.22. The fourth-order valence-electron chi connectivity index (χ4n) is 3.96. The zero-order chi connectivity index (χ0) is 24.4. The van der Waals surface area contributed by atoms with Crippen molar-refractivity contribution >= 4 is 39.0 Å². The van der Waals surface area contributed by atoms with Crippen LogP contribution in [0.5, 0.6) is 5.75 Å². The second-order valence-electron chi connectivity index (χ2n) is 7.96. The van der Waals surface area contributed by atoms with Gasteiger partial charge in [-0.25, -0.2) is 15.0 Å². The van der Waals surface area contributed by atoms with Gasteiger partial charge in [0.05, 0.1) is 12.5 Å². The largest absolute Gasteiger partial charge is 0.497 e. The van der Waals surface area contributed by atoms with E-state index in [2.05, 4.69) is 10.3 Å². The minimum atomic E-state index is 0.0906. The van der Waals surface area contributed by atoms with Crippen molar-refractivity contribution in [1.29, 1.82) is 0 Å². The van der Waals surface area contributed by atoms with Crippen molar-refractivity contribution in [3.05, 3.63) is 65.9 Å². The van der Waals surface area contributed by atoms with Crippen LogP contribution in [0, 0.1) is 0 Å². The number of nitrogens with zero attached hydrogens (tertiary/aromatic N) is 4. The Balaban J connectivity index is 1.81. The van der Waals surface area contributed by atoms with Gasteiger partial charge in [0.25, 0.3) is 0 Å². The monoisotopic (exact) mass is 505 g/mol. The molecule has 3 aromatic heterocycles. The number of thiophene rings is 1. The molecule has 2 aromatic carbocycles. The first kappa shape index (κ1) is 23.3. The number of halogens is 1. The molecule has 2 N–H and O–H groups in total. The van der Waals surface area contributed by atoms with E-state index in [0.29, 0.717) is 35.5 Å². The minimum Gasteiger partial charge on any atom is -0.497 e. The van der Waals surface area contributed by atoms with E-state index in [9.17, 15) is 5.11 Å². The molecule has 0 aliphatic heterocycles. The molecular weight excluding hydrogens is 482 g/mol. The zero-order valence-electron chi connectivity index (χ0n) is 19.3. The second kappa shape index (κ2) is 10.0. The maximum atomic E-state index is 9.35. The number of hydrogen-bond donors (Lipinski definition) is 2. The lowest BCUT2D eigenvalue weighted by Crippen LogP contribution is -2.07. The maximum absolute atomic E-state index is 9.35. The van der Waals surface area contributed by atoms with Gasteiger partial charge in [-0.1, -0.05) is 41.9 Å². The van der Waals surface area contributed by atoms with Gasteiger partial charge in [-0.3, -0.25) is 0 Å². The zero-order valence-corrected chi connectivity index (χ0v) is 20.9. The van der Waals surface area contributed by atoms with Gasteiger partial charge < -0.3 is 19.7 Å². The number of fused-ring (bicyclic) bond motifs is 1. The van der Waals surface area contributed by atoms with Crippen LogP contribution in [0.15, 0.2) is 60.9 Å². The summed E-state index contributed by atoms with van der Waals surface area (Å²) in [6.07, 6.45) is 4.20. The Bertz CT molecular complexity index is 1480. The predicted octanol–water partition coefficient (Wildman–Crippen LogP) is 5.88. The van der Waals surface area contributed by atoms with Crippen molar-refractivity contribution in [3.8, 4) is 39.0 Å². The fraction of sp³-hybridized carbons (Fsp3) is 0.192. The normalized spacial score (nSPS) is 11.2. The van der Waals surface area contributed by atoms with Crippen molar-refractivity contribution in [2.24, 2.45) is 7.05 Å². The van der Waals surface area contributed by atoms with Crippen LogP contribution < -0.4 is 10.1 Å². The number of aryl methyl sites for hydroxylation is 1. The third kappa shape index (κ3) is 4.48. The first-order valence-corrected chi connectivity index (χ1v) is 12.4. The van der Waals surface area contributed by atoms with E-state index in [1.165, 1.54) is 0 Å². The average molecular weight is 506 g/mol. The van der Waals surface area contributed by atoms with Crippen molar-refractivity contribution in [2.45, 2.75) is 6.42 Å². The van der Waals surface area contributed by atoms with Crippen molar-refractivity contribution < 1.29 is 9.84 Å². The van der Waals surface area contributed by atoms with E-state index < -0.39 is 0 Å². The first-order chi connectivity index (χ1) is 17.1. The van der Waals surface area contributed by atoms with Gasteiger partial charge in [0, 0.05) is 53.6 Å². The number of aromatic nitrogens is 4. The van der Waals surface area contributed by atoms with E-state index in [0.717, 1.165) is 37.5 Å². The summed E-state index contributed by atoms with van der Waals surface area (Å²) in [4.78, 5) is 16.1. The number of hydrogen-bond acceptors (Lipinski definition) is 7. The van der Waals surface area contributed by atoms with Crippen LogP contribution in [0.4, 0.5) is 5.82 Å². The Morgan fingerprint density at radius 2 is 1.91 bits per heavy atom. The highest BCUT2D eigenvalue weighted by Crippen LogP contribution is 2.48. The standard InChI is InChI=1S/C26H24ClN5O2S/c1-32-14-13-29-25(32)24-30-23(28-12-5-15-33)21-20(16-8-10-17(34-2)11-9-16)22(35-26(21)31-24)18-6-3-4-7-19(18)27/h3-4,6-11,13-14,33H,5,12,15H2,1-2H3,(H,28,30,31). The third-order valence-electron chi connectivity index (χ3n) is 5.70. The lowest BCUT2D eigenvalue weighted by Gasteiger charge is -2.12. The van der Waals surface area contributed by atoms with Crippen LogP contribution in [0.1, 0.15) is 6.42 Å². The molecule has 35 heavy (non-hydrogen) atoms. The van der Waals surface area contributed by atoms with E-state index >= 15 is 0 Å². The van der Waals surface area contributed by atoms with Crippen LogP contribution in [0.2, 0.25) is 5.02 Å². The Morgan fingerprint density at radius 1 is 1.11 bits per heavy atom. The highest BCUT2D eigenvalue weighted by Gasteiger charge is 2.23. The minimum absolute atomic E-state index is 0.0906. The van der Waals surface area contributed by atoms with E-state index in [4.69, 9.17) is 26.3 Å². The first-order valence-electron chi connectivity index (χ1n) is 11.2. The number of rotatable bonds is 8. The summed E-state index contributed by atoms with van der Waals surface area (Å²) in [5.41, 5.74) is 2.94. The van der Waals surface area contributed by atoms with Crippen LogP contribution in [0.3, 0.4) is 0 Å². The molecule has 0 unspecified atom stereocenters. The lowest BCUT2D eigenvalue weighted by molar-refractivity contribution is 0.292. The Kier molecular flexibility index (Phi) is 6.68. The van der Waals surface area contributed by atoms with E-state index in [1.54, 1.807) is 24.6 Å². The maximum Gasteiger partial charge on any atom is 0.199 e. The number of nitrogens with one attached hydrogen (secondary N) is 1. The highest BCUT2D eigenvalue weighted by atomic mass is 35.5. The lowest BCUT2D eigenvalue weighted by atomic mass is 9.99. The molecule has 0 radical (unpaired) electrons. The number of benzene rings is 2. The van der Waals surface area contributed by atoms with E-state index in [-0.39, 0.29) is 6.61 Å². The van der Waals surface area contributed by atoms with E-state index in [1.807, 2.05) is 66.3 Å². The summed E-state index contributed by atoms with van der Waals surface area (Å²) < 4.78 is 7.27. The molecule has 5 aromatic rings. The Labute approximate surface area is 212 Å². The van der Waals surface area contributed by atoms with Crippen molar-refractivity contribution in [1.82, 2.24) is 19.5 Å². The molecule has 3 heterocycles. The van der Waals surface area contributed by atoms with Crippen molar-refractivity contribution in [2.75, 3.05) is 25.6 Å². The Hall–Kier alpha value is -3.46. The summed E-state index contributed by atoms with van der Waals surface area (Å²) in [5.74, 6) is 2.68. The summed E-state index contributed by atoms with van der Waals surface area (Å²) in [6.45, 7) is 0.662. The number of ether oxygens (including phenoxy) is 1. The molecule has 178 valence electrons. The average Bonchev–Trinajstić information content (AvgIpc) is 3.48. The molecule has 0 fully saturated rings. The van der Waals surface area contributed by atoms with Gasteiger partial charge in [0.2, 0.25) is 0 Å². The van der Waals surface area contributed by atoms with Gasteiger partial charge in [0.1, 0.15) is 16.4 Å². The number of aliphatic hydroxyl groups excluding tert-OH is 1. The summed E-state index contributed by atoms with van der Waals surface area (Å²) in [6, 6.07) is 15.8. The van der Waals surface area contributed by atoms with Crippen molar-refractivity contribution in [3.63, 3.8) is 0 Å². The SMILES string of the molecule is COc1ccc(-c2c(-c3ccccc3Cl)sc3nc(-c4nccn4C)nc(NCCCO)c23)cc1. The van der Waals surface area contributed by atoms with Gasteiger partial charge in [-0.15, -0.1) is 11.3 Å². The van der Waals surface area contributed by atoms with Gasteiger partial charge >= 0.3 is 0 Å². The molecule has 0 aliphatic rings. The molecule has 0 spiro atoms. The second-order valence-corrected chi connectivity index (χ2v) is 9.36. The van der Waals surface area contributed by atoms with Crippen LogP contribution in [0.25, 0.3) is 43.4 Å². The molecule has 7 nitrogen and oxygen atoms in total. The van der Waals surface area contributed by atoms with Gasteiger partial charge in [-0.05, 0) is 30.2 Å². The summed E-state index contributed by atoms with van der Waals surface area (Å²) >= 11 is 8.24. The number of imidazole rings is 1. The molecule has 5 rings (SSSR count). The molecule has 0 aliphatic carbocycles. The number of methoxy groups -OCH3 is 1. The smallest absolute Gasteiger partial charge is 0.199 e. The van der Waals surface area contributed by atoms with Gasteiger partial charge in [0.15, 0.2) is 11.6 Å². The molecular formula is C26H24ClN5O2S. The van der Waals surface area contributed by atoms with Gasteiger partial charge in [-0.2, -0.15) is 0 Å². The van der Waals surface area contributed by atoms with Crippen LogP contribution in [-0.4, -0.2) is 44.9 Å². The molecule has 0 saturated carbocycles.